The Hall–Kier alpha value is -3.73. The van der Waals surface area contributed by atoms with Crippen LogP contribution in [0.25, 0.3) is 11.5 Å². The number of carbonyl (C=O) groups is 1. The maximum atomic E-state index is 12.7. The van der Waals surface area contributed by atoms with Crippen molar-refractivity contribution in [1.29, 1.82) is 0 Å². The summed E-state index contributed by atoms with van der Waals surface area (Å²) < 4.78 is 49.5. The van der Waals surface area contributed by atoms with Crippen LogP contribution in [-0.2, 0) is 17.6 Å². The predicted octanol–water partition coefficient (Wildman–Crippen LogP) is 5.83. The zero-order valence-electron chi connectivity index (χ0n) is 17.4. The van der Waals surface area contributed by atoms with E-state index in [0.29, 0.717) is 22.8 Å². The quantitative estimate of drug-likeness (QED) is 0.465. The lowest BCUT2D eigenvalue weighted by atomic mass is 9.96. The summed E-state index contributed by atoms with van der Waals surface area (Å²) in [6, 6.07) is 11.5. The Morgan fingerprint density at radius 3 is 2.38 bits per heavy atom. The lowest BCUT2D eigenvalue weighted by molar-refractivity contribution is -0.138. The second kappa shape index (κ2) is 9.60. The van der Waals surface area contributed by atoms with E-state index in [4.69, 9.17) is 14.3 Å². The minimum Gasteiger partial charge on any atom is -0.487 e. The van der Waals surface area contributed by atoms with Crippen LogP contribution < -0.4 is 4.74 Å². The van der Waals surface area contributed by atoms with Gasteiger partial charge in [0.05, 0.1) is 17.9 Å². The molecule has 3 aromatic rings. The Morgan fingerprint density at radius 2 is 1.81 bits per heavy atom. The molecule has 0 saturated carbocycles. The Labute approximate surface area is 182 Å². The molecule has 5 nitrogen and oxygen atoms in total. The highest BCUT2D eigenvalue weighted by atomic mass is 19.4. The highest BCUT2D eigenvalue weighted by Gasteiger charge is 2.30. The minimum absolute atomic E-state index is 0.0914. The summed E-state index contributed by atoms with van der Waals surface area (Å²) >= 11 is 0. The number of aryl methyl sites for hydroxylation is 1. The van der Waals surface area contributed by atoms with Crippen molar-refractivity contribution in [1.82, 2.24) is 4.98 Å². The number of aliphatic carboxylic acids is 1. The third-order valence-corrected chi connectivity index (χ3v) is 4.71. The van der Waals surface area contributed by atoms with Crippen LogP contribution in [0.4, 0.5) is 13.2 Å². The summed E-state index contributed by atoms with van der Waals surface area (Å²) in [5.41, 5.74) is 0.978. The minimum atomic E-state index is -4.41. The van der Waals surface area contributed by atoms with Gasteiger partial charge in [-0.15, -0.1) is 5.92 Å². The molecule has 0 bridgehead atoms. The van der Waals surface area contributed by atoms with E-state index < -0.39 is 23.6 Å². The number of oxazole rings is 1. The number of hydrogen-bond acceptors (Lipinski definition) is 4. The molecule has 8 heteroatoms. The number of benzene rings is 2. The van der Waals surface area contributed by atoms with Gasteiger partial charge in [0.2, 0.25) is 5.89 Å². The van der Waals surface area contributed by atoms with Gasteiger partial charge in [-0.2, -0.15) is 13.2 Å². The van der Waals surface area contributed by atoms with E-state index in [9.17, 15) is 18.0 Å². The third-order valence-electron chi connectivity index (χ3n) is 4.71. The van der Waals surface area contributed by atoms with Crippen LogP contribution in [0.1, 0.15) is 41.8 Å². The molecular weight excluding hydrogens is 423 g/mol. The number of ether oxygens (including phenoxy) is 1. The van der Waals surface area contributed by atoms with Crippen molar-refractivity contribution in [2.24, 2.45) is 0 Å². The molecule has 32 heavy (non-hydrogen) atoms. The van der Waals surface area contributed by atoms with Crippen LogP contribution in [-0.4, -0.2) is 16.1 Å². The van der Waals surface area contributed by atoms with Crippen LogP contribution in [0.5, 0.6) is 5.75 Å². The smallest absolute Gasteiger partial charge is 0.416 e. The van der Waals surface area contributed by atoms with Crippen LogP contribution in [0, 0.1) is 18.8 Å². The van der Waals surface area contributed by atoms with Crippen molar-refractivity contribution in [2.45, 2.75) is 39.0 Å². The van der Waals surface area contributed by atoms with Gasteiger partial charge in [0, 0.05) is 5.56 Å². The summed E-state index contributed by atoms with van der Waals surface area (Å²) in [6.45, 7) is 3.45. The number of carboxylic acid groups (broad SMARTS) is 1. The molecule has 1 aromatic heterocycles. The lowest BCUT2D eigenvalue weighted by Crippen LogP contribution is -2.04. The Balaban J connectivity index is 1.68. The summed E-state index contributed by atoms with van der Waals surface area (Å²) in [6.07, 6.45) is -4.50. The highest BCUT2D eigenvalue weighted by Crippen LogP contribution is 2.31. The van der Waals surface area contributed by atoms with Gasteiger partial charge in [0.25, 0.3) is 0 Å². The number of aromatic nitrogens is 1. The molecule has 0 amide bonds. The number of hydrogen-bond donors (Lipinski definition) is 1. The molecule has 0 saturated heterocycles. The zero-order valence-corrected chi connectivity index (χ0v) is 17.4. The van der Waals surface area contributed by atoms with Gasteiger partial charge in [-0.1, -0.05) is 18.1 Å². The van der Waals surface area contributed by atoms with Crippen molar-refractivity contribution in [3.63, 3.8) is 0 Å². The summed E-state index contributed by atoms with van der Waals surface area (Å²) in [5.74, 6) is 5.55. The average Bonchev–Trinajstić information content (AvgIpc) is 3.12. The van der Waals surface area contributed by atoms with Crippen molar-refractivity contribution >= 4 is 5.97 Å². The number of nitrogens with zero attached hydrogens (tertiary/aromatic N) is 1. The van der Waals surface area contributed by atoms with Gasteiger partial charge in [-0.05, 0) is 55.8 Å². The number of alkyl halides is 3. The molecule has 1 N–H and O–H groups in total. The van der Waals surface area contributed by atoms with Crippen LogP contribution >= 0.6 is 0 Å². The molecule has 2 aromatic carbocycles. The Bertz CT molecular complexity index is 1140. The topological polar surface area (TPSA) is 72.6 Å². The highest BCUT2D eigenvalue weighted by molar-refractivity contribution is 5.69. The van der Waals surface area contributed by atoms with E-state index in [-0.39, 0.29) is 18.9 Å². The van der Waals surface area contributed by atoms with Crippen molar-refractivity contribution in [2.75, 3.05) is 0 Å². The maximum absolute atomic E-state index is 12.7. The molecule has 3 rings (SSSR count). The first-order valence-corrected chi connectivity index (χ1v) is 9.68. The molecule has 0 aliphatic rings. The van der Waals surface area contributed by atoms with Crippen molar-refractivity contribution in [3.05, 3.63) is 71.1 Å². The SMILES string of the molecule is CC#C[C@@H](CC(=O)O)c1ccc(OCc2nc(-c3ccc(C(F)(F)F)cc3)oc2C)cc1. The first-order chi connectivity index (χ1) is 15.2. The van der Waals surface area contributed by atoms with Gasteiger partial charge in [0.15, 0.2) is 0 Å². The van der Waals surface area contributed by atoms with Crippen LogP contribution in [0.2, 0.25) is 0 Å². The largest absolute Gasteiger partial charge is 0.487 e. The van der Waals surface area contributed by atoms with Gasteiger partial charge in [-0.3, -0.25) is 4.79 Å². The first-order valence-electron chi connectivity index (χ1n) is 9.68. The maximum Gasteiger partial charge on any atom is 0.416 e. The molecule has 0 aliphatic carbocycles. The molecule has 0 unspecified atom stereocenters. The normalized spacial score (nSPS) is 12.0. The van der Waals surface area contributed by atoms with E-state index >= 15 is 0 Å². The van der Waals surface area contributed by atoms with Gasteiger partial charge >= 0.3 is 12.1 Å². The number of carboxylic acids is 1. The average molecular weight is 443 g/mol. The van der Waals surface area contributed by atoms with Gasteiger partial charge in [0.1, 0.15) is 23.8 Å². The summed E-state index contributed by atoms with van der Waals surface area (Å²) in [4.78, 5) is 15.4. The fraction of sp³-hybridized carbons (Fsp3) is 0.250. The molecule has 0 fully saturated rings. The zero-order chi connectivity index (χ0) is 23.3. The van der Waals surface area contributed by atoms with Crippen molar-refractivity contribution in [3.8, 4) is 29.0 Å². The lowest BCUT2D eigenvalue weighted by Gasteiger charge is -2.10. The fourth-order valence-electron chi connectivity index (χ4n) is 3.04. The second-order valence-corrected chi connectivity index (χ2v) is 7.00. The molecule has 0 radical (unpaired) electrons. The molecule has 0 aliphatic heterocycles. The van der Waals surface area contributed by atoms with Crippen LogP contribution in [0.15, 0.2) is 52.9 Å². The van der Waals surface area contributed by atoms with E-state index in [1.807, 2.05) is 0 Å². The van der Waals surface area contributed by atoms with E-state index in [2.05, 4.69) is 16.8 Å². The fourth-order valence-corrected chi connectivity index (χ4v) is 3.04. The molecule has 1 atom stereocenters. The number of rotatable bonds is 7. The molecule has 166 valence electrons. The molecule has 0 spiro atoms. The van der Waals surface area contributed by atoms with Gasteiger partial charge in [-0.25, -0.2) is 4.98 Å². The molecular formula is C24H20F3NO4. The summed E-state index contributed by atoms with van der Waals surface area (Å²) in [5, 5.41) is 9.04. The first kappa shape index (κ1) is 22.9. The standard InChI is InChI=1S/C24H20F3NO4/c1-3-4-18(13-22(29)30)16-7-11-20(12-8-16)31-14-21-15(2)32-23(28-21)17-5-9-19(10-6-17)24(25,26)27/h5-12,18H,13-14H2,1-2H3,(H,29,30)/t18-/m0/s1. The van der Waals surface area contributed by atoms with Gasteiger partial charge < -0.3 is 14.3 Å². The van der Waals surface area contributed by atoms with E-state index in [0.717, 1.165) is 17.7 Å². The summed E-state index contributed by atoms with van der Waals surface area (Å²) in [7, 11) is 0. The van der Waals surface area contributed by atoms with Crippen molar-refractivity contribution < 1.29 is 32.2 Å². The number of halogens is 3. The van der Waals surface area contributed by atoms with E-state index in [1.165, 1.54) is 12.1 Å². The third kappa shape index (κ3) is 5.70. The predicted molar refractivity (Wildman–Crippen MR) is 111 cm³/mol. The monoisotopic (exact) mass is 443 g/mol. The Kier molecular flexibility index (Phi) is 6.89. The molecule has 1 heterocycles. The van der Waals surface area contributed by atoms with Crippen LogP contribution in [0.3, 0.4) is 0 Å². The second-order valence-electron chi connectivity index (χ2n) is 7.00. The van der Waals surface area contributed by atoms with E-state index in [1.54, 1.807) is 38.1 Å². The Morgan fingerprint density at radius 1 is 1.16 bits per heavy atom.